The van der Waals surface area contributed by atoms with Crippen molar-refractivity contribution < 1.29 is 4.79 Å². The molecule has 28 heavy (non-hydrogen) atoms. The highest BCUT2D eigenvalue weighted by atomic mass is 32.1. The van der Waals surface area contributed by atoms with Crippen molar-refractivity contribution in [1.82, 2.24) is 19.3 Å². The van der Waals surface area contributed by atoms with Crippen LogP contribution in [0.4, 0.5) is 10.5 Å². The third kappa shape index (κ3) is 3.75. The van der Waals surface area contributed by atoms with Crippen LogP contribution in [-0.2, 0) is 6.54 Å². The first-order valence-electron chi connectivity index (χ1n) is 8.98. The fourth-order valence-corrected chi connectivity index (χ4v) is 3.87. The van der Waals surface area contributed by atoms with Gasteiger partial charge in [0.05, 0.1) is 17.2 Å². The summed E-state index contributed by atoms with van der Waals surface area (Å²) in [5.74, 6) is 0. The van der Waals surface area contributed by atoms with Crippen molar-refractivity contribution in [2.75, 3.05) is 12.4 Å². The molecule has 0 unspecified atom stereocenters. The highest BCUT2D eigenvalue weighted by Crippen LogP contribution is 2.23. The first-order valence-corrected chi connectivity index (χ1v) is 9.79. The van der Waals surface area contributed by atoms with Gasteiger partial charge in [-0.2, -0.15) is 0 Å². The summed E-state index contributed by atoms with van der Waals surface area (Å²) >= 11 is 1.60. The number of pyridine rings is 1. The Balaban J connectivity index is 1.45. The maximum absolute atomic E-state index is 12.4. The van der Waals surface area contributed by atoms with Crippen molar-refractivity contribution >= 4 is 28.7 Å². The summed E-state index contributed by atoms with van der Waals surface area (Å²) in [5.41, 5.74) is 4.76. The molecule has 0 aliphatic heterocycles. The molecule has 0 saturated heterocycles. The molecular formula is C21H21N5OS. The van der Waals surface area contributed by atoms with Gasteiger partial charge >= 0.3 is 6.03 Å². The average molecular weight is 392 g/mol. The van der Waals surface area contributed by atoms with E-state index in [0.29, 0.717) is 6.54 Å². The Labute approximate surface area is 167 Å². The summed E-state index contributed by atoms with van der Waals surface area (Å²) in [5, 5.41) is 3.93. The molecule has 0 saturated carbocycles. The maximum Gasteiger partial charge on any atom is 0.321 e. The Morgan fingerprint density at radius 2 is 2.00 bits per heavy atom. The van der Waals surface area contributed by atoms with E-state index in [1.165, 1.54) is 0 Å². The minimum Gasteiger partial charge on any atom is -0.322 e. The van der Waals surface area contributed by atoms with Crippen LogP contribution >= 0.6 is 11.3 Å². The SMILES string of the molecule is Cc1ncc(CN(C)C(=O)Nc2ccc(-c3cn4cccc(C)c4n3)cc2)s1. The summed E-state index contributed by atoms with van der Waals surface area (Å²) in [6.45, 7) is 4.55. The van der Waals surface area contributed by atoms with Crippen LogP contribution in [0.2, 0.25) is 0 Å². The molecule has 142 valence electrons. The Bertz CT molecular complexity index is 1130. The molecule has 3 aromatic heterocycles. The molecule has 1 aromatic carbocycles. The molecule has 7 heteroatoms. The largest absolute Gasteiger partial charge is 0.322 e. The maximum atomic E-state index is 12.4. The number of nitrogens with zero attached hydrogens (tertiary/aromatic N) is 4. The Morgan fingerprint density at radius 3 is 2.68 bits per heavy atom. The van der Waals surface area contributed by atoms with Crippen LogP contribution in [0.3, 0.4) is 0 Å². The third-order valence-electron chi connectivity index (χ3n) is 4.52. The zero-order chi connectivity index (χ0) is 19.7. The molecule has 0 fully saturated rings. The minimum absolute atomic E-state index is 0.151. The van der Waals surface area contributed by atoms with Crippen LogP contribution < -0.4 is 5.32 Å². The number of aromatic nitrogens is 3. The molecule has 1 N–H and O–H groups in total. The van der Waals surface area contributed by atoms with E-state index in [4.69, 9.17) is 4.98 Å². The summed E-state index contributed by atoms with van der Waals surface area (Å²) < 4.78 is 2.02. The van der Waals surface area contributed by atoms with Gasteiger partial charge in [-0.15, -0.1) is 11.3 Å². The van der Waals surface area contributed by atoms with E-state index in [1.54, 1.807) is 23.3 Å². The molecule has 0 bridgehead atoms. The van der Waals surface area contributed by atoms with E-state index in [2.05, 4.69) is 23.3 Å². The average Bonchev–Trinajstić information content (AvgIpc) is 3.29. The van der Waals surface area contributed by atoms with Crippen LogP contribution in [0.5, 0.6) is 0 Å². The highest BCUT2D eigenvalue weighted by molar-refractivity contribution is 7.11. The van der Waals surface area contributed by atoms with Gasteiger partial charge in [-0.05, 0) is 37.6 Å². The van der Waals surface area contributed by atoms with E-state index in [-0.39, 0.29) is 6.03 Å². The van der Waals surface area contributed by atoms with Gasteiger partial charge in [-0.3, -0.25) is 0 Å². The number of benzene rings is 1. The number of hydrogen-bond acceptors (Lipinski definition) is 4. The number of rotatable bonds is 4. The molecule has 6 nitrogen and oxygen atoms in total. The van der Waals surface area contributed by atoms with Crippen molar-refractivity contribution in [3.05, 3.63) is 70.4 Å². The standard InChI is InChI=1S/C21H21N5OS/c1-14-5-4-10-26-13-19(24-20(14)26)16-6-8-17(9-7-16)23-21(27)25(3)12-18-11-22-15(2)28-18/h4-11,13H,12H2,1-3H3,(H,23,27). The van der Waals surface area contributed by atoms with Crippen LogP contribution in [-0.4, -0.2) is 32.3 Å². The number of fused-ring (bicyclic) bond motifs is 1. The van der Waals surface area contributed by atoms with Gasteiger partial charge in [0.2, 0.25) is 0 Å². The monoisotopic (exact) mass is 391 g/mol. The van der Waals surface area contributed by atoms with Gasteiger partial charge in [-0.1, -0.05) is 18.2 Å². The van der Waals surface area contributed by atoms with Crippen LogP contribution in [0.15, 0.2) is 55.0 Å². The van der Waals surface area contributed by atoms with Crippen molar-refractivity contribution in [2.24, 2.45) is 0 Å². The van der Waals surface area contributed by atoms with Crippen molar-refractivity contribution in [2.45, 2.75) is 20.4 Å². The molecular weight excluding hydrogens is 370 g/mol. The topological polar surface area (TPSA) is 62.5 Å². The molecule has 3 heterocycles. The van der Waals surface area contributed by atoms with Gasteiger partial charge in [-0.25, -0.2) is 14.8 Å². The molecule has 2 amide bonds. The summed E-state index contributed by atoms with van der Waals surface area (Å²) in [6, 6.07) is 11.6. The fourth-order valence-electron chi connectivity index (χ4n) is 3.02. The smallest absolute Gasteiger partial charge is 0.321 e. The van der Waals surface area contributed by atoms with Gasteiger partial charge in [0.25, 0.3) is 0 Å². The number of amides is 2. The number of aryl methyl sites for hydroxylation is 2. The van der Waals surface area contributed by atoms with Crippen LogP contribution in [0, 0.1) is 13.8 Å². The summed E-state index contributed by atoms with van der Waals surface area (Å²) in [4.78, 5) is 24.1. The second kappa shape index (κ2) is 7.44. The number of anilines is 1. The predicted octanol–water partition coefficient (Wildman–Crippen LogP) is 4.74. The number of urea groups is 1. The minimum atomic E-state index is -0.151. The highest BCUT2D eigenvalue weighted by Gasteiger charge is 2.12. The summed E-state index contributed by atoms with van der Waals surface area (Å²) in [7, 11) is 1.78. The lowest BCUT2D eigenvalue weighted by Gasteiger charge is -2.17. The van der Waals surface area contributed by atoms with Gasteiger partial charge in [0, 0.05) is 41.8 Å². The molecule has 0 spiro atoms. The van der Waals surface area contributed by atoms with Crippen LogP contribution in [0.25, 0.3) is 16.9 Å². The second-order valence-electron chi connectivity index (χ2n) is 6.76. The van der Waals surface area contributed by atoms with Gasteiger partial charge in [0.15, 0.2) is 0 Å². The molecule has 0 aliphatic carbocycles. The lowest BCUT2D eigenvalue weighted by molar-refractivity contribution is 0.221. The van der Waals surface area contributed by atoms with E-state index in [0.717, 1.165) is 38.0 Å². The Morgan fingerprint density at radius 1 is 1.21 bits per heavy atom. The lowest BCUT2D eigenvalue weighted by atomic mass is 10.1. The quantitative estimate of drug-likeness (QED) is 0.547. The summed E-state index contributed by atoms with van der Waals surface area (Å²) in [6.07, 6.45) is 5.82. The van der Waals surface area contributed by atoms with Gasteiger partial charge < -0.3 is 14.6 Å². The lowest BCUT2D eigenvalue weighted by Crippen LogP contribution is -2.30. The van der Waals surface area contributed by atoms with Crippen molar-refractivity contribution in [3.63, 3.8) is 0 Å². The fraction of sp³-hybridized carbons (Fsp3) is 0.190. The van der Waals surface area contributed by atoms with E-state index < -0.39 is 0 Å². The van der Waals surface area contributed by atoms with Crippen molar-refractivity contribution in [3.8, 4) is 11.3 Å². The zero-order valence-electron chi connectivity index (χ0n) is 16.0. The van der Waals surface area contributed by atoms with Gasteiger partial charge in [0.1, 0.15) is 5.65 Å². The first kappa shape index (κ1) is 18.2. The zero-order valence-corrected chi connectivity index (χ0v) is 16.8. The normalized spacial score (nSPS) is 11.0. The molecule has 4 aromatic rings. The Hall–Kier alpha value is -3.19. The number of thiazole rings is 1. The van der Waals surface area contributed by atoms with E-state index in [1.807, 2.05) is 60.2 Å². The Kier molecular flexibility index (Phi) is 4.83. The second-order valence-corrected chi connectivity index (χ2v) is 8.08. The number of carbonyl (C=O) groups is 1. The van der Waals surface area contributed by atoms with E-state index >= 15 is 0 Å². The number of imidazole rings is 1. The third-order valence-corrected chi connectivity index (χ3v) is 5.42. The number of nitrogens with one attached hydrogen (secondary N) is 1. The first-order chi connectivity index (χ1) is 13.5. The van der Waals surface area contributed by atoms with E-state index in [9.17, 15) is 4.79 Å². The molecule has 0 atom stereocenters. The molecule has 0 aliphatic rings. The van der Waals surface area contributed by atoms with Crippen LogP contribution in [0.1, 0.15) is 15.4 Å². The number of hydrogen-bond donors (Lipinski definition) is 1. The van der Waals surface area contributed by atoms with Crippen molar-refractivity contribution in [1.29, 1.82) is 0 Å². The molecule has 4 rings (SSSR count). The molecule has 0 radical (unpaired) electrons. The number of carbonyl (C=O) groups excluding carboxylic acids is 1. The predicted molar refractivity (Wildman–Crippen MR) is 113 cm³/mol.